The van der Waals surface area contributed by atoms with Crippen LogP contribution in [0.5, 0.6) is 0 Å². The van der Waals surface area contributed by atoms with E-state index in [1.54, 1.807) is 0 Å². The average Bonchev–Trinajstić information content (AvgIpc) is 2.48. The second-order valence-corrected chi connectivity index (χ2v) is 5.57. The van der Waals surface area contributed by atoms with Gasteiger partial charge in [0.25, 0.3) is 0 Å². The van der Waals surface area contributed by atoms with Crippen molar-refractivity contribution in [3.05, 3.63) is 0 Å². The molecular formula is C13H22N2O2. The van der Waals surface area contributed by atoms with Crippen LogP contribution in [0.2, 0.25) is 0 Å². The van der Waals surface area contributed by atoms with Gasteiger partial charge in [-0.05, 0) is 12.8 Å². The fourth-order valence-corrected chi connectivity index (χ4v) is 3.33. The highest BCUT2D eigenvalue weighted by molar-refractivity contribution is 5.80. The summed E-state index contributed by atoms with van der Waals surface area (Å²) in [6, 6.07) is 0.458. The standard InChI is InChI=1S/C13H22N2O2/c16-13(11-7-14-8-11)15-5-6-17-9-10-3-1-2-4-12(10)15/h10-12,14H,1-9H2/t10-,12+/m1/s1. The molecule has 0 radical (unpaired) electrons. The van der Waals surface area contributed by atoms with E-state index in [2.05, 4.69) is 10.2 Å². The normalized spacial score (nSPS) is 34.7. The highest BCUT2D eigenvalue weighted by Crippen LogP contribution is 2.31. The highest BCUT2D eigenvalue weighted by Gasteiger charge is 2.38. The van der Waals surface area contributed by atoms with E-state index in [-0.39, 0.29) is 5.92 Å². The van der Waals surface area contributed by atoms with E-state index in [0.29, 0.717) is 17.9 Å². The molecule has 96 valence electrons. The van der Waals surface area contributed by atoms with Gasteiger partial charge >= 0.3 is 0 Å². The van der Waals surface area contributed by atoms with E-state index < -0.39 is 0 Å². The summed E-state index contributed by atoms with van der Waals surface area (Å²) in [6.07, 6.45) is 4.99. The maximum Gasteiger partial charge on any atom is 0.228 e. The number of fused-ring (bicyclic) bond motifs is 1. The van der Waals surface area contributed by atoms with E-state index in [4.69, 9.17) is 4.74 Å². The van der Waals surface area contributed by atoms with Crippen molar-refractivity contribution in [2.24, 2.45) is 11.8 Å². The van der Waals surface area contributed by atoms with Gasteiger partial charge in [0.2, 0.25) is 5.91 Å². The van der Waals surface area contributed by atoms with Gasteiger partial charge in [-0.25, -0.2) is 0 Å². The van der Waals surface area contributed by atoms with Crippen LogP contribution in [-0.2, 0) is 9.53 Å². The Balaban J connectivity index is 1.72. The smallest absolute Gasteiger partial charge is 0.228 e. The zero-order chi connectivity index (χ0) is 11.7. The molecule has 1 aliphatic carbocycles. The molecule has 0 aromatic carbocycles. The van der Waals surface area contributed by atoms with E-state index >= 15 is 0 Å². The molecule has 0 aromatic heterocycles. The van der Waals surface area contributed by atoms with Crippen LogP contribution >= 0.6 is 0 Å². The second kappa shape index (κ2) is 4.94. The van der Waals surface area contributed by atoms with Crippen LogP contribution in [0.15, 0.2) is 0 Å². The number of hydrogen-bond donors (Lipinski definition) is 1. The summed E-state index contributed by atoms with van der Waals surface area (Å²) in [5, 5.41) is 3.19. The molecule has 0 unspecified atom stereocenters. The van der Waals surface area contributed by atoms with Crippen LogP contribution in [0.1, 0.15) is 25.7 Å². The Labute approximate surface area is 103 Å². The number of carbonyl (C=O) groups excluding carboxylic acids is 1. The minimum absolute atomic E-state index is 0.232. The molecule has 17 heavy (non-hydrogen) atoms. The molecule has 0 bridgehead atoms. The molecule has 1 amide bonds. The lowest BCUT2D eigenvalue weighted by atomic mass is 9.83. The van der Waals surface area contributed by atoms with Gasteiger partial charge in [-0.2, -0.15) is 0 Å². The summed E-state index contributed by atoms with van der Waals surface area (Å²) >= 11 is 0. The van der Waals surface area contributed by atoms with Gasteiger partial charge in [0.05, 0.1) is 19.1 Å². The number of hydrogen-bond acceptors (Lipinski definition) is 3. The Morgan fingerprint density at radius 2 is 2.06 bits per heavy atom. The van der Waals surface area contributed by atoms with Crippen LogP contribution < -0.4 is 5.32 Å². The first-order valence-corrected chi connectivity index (χ1v) is 6.95. The van der Waals surface area contributed by atoms with Gasteiger partial charge in [0.15, 0.2) is 0 Å². The van der Waals surface area contributed by atoms with Crippen LogP contribution in [0.25, 0.3) is 0 Å². The molecule has 2 aliphatic heterocycles. The maximum absolute atomic E-state index is 12.4. The van der Waals surface area contributed by atoms with Gasteiger partial charge in [0, 0.05) is 31.6 Å². The Morgan fingerprint density at radius 3 is 2.82 bits per heavy atom. The van der Waals surface area contributed by atoms with Gasteiger partial charge in [-0.15, -0.1) is 0 Å². The fourth-order valence-electron chi connectivity index (χ4n) is 3.33. The SMILES string of the molecule is O=C(C1CNC1)N1CCOC[C@H]2CCCC[C@@H]21. The minimum atomic E-state index is 0.232. The van der Waals surface area contributed by atoms with Gasteiger partial charge < -0.3 is 15.0 Å². The quantitative estimate of drug-likeness (QED) is 0.728. The van der Waals surface area contributed by atoms with Crippen molar-refractivity contribution in [2.45, 2.75) is 31.7 Å². The summed E-state index contributed by atoms with van der Waals surface area (Å²) in [4.78, 5) is 14.6. The molecule has 4 nitrogen and oxygen atoms in total. The number of amides is 1. The zero-order valence-corrected chi connectivity index (χ0v) is 10.4. The third kappa shape index (κ3) is 2.20. The summed E-state index contributed by atoms with van der Waals surface area (Å²) in [7, 11) is 0. The zero-order valence-electron chi connectivity index (χ0n) is 10.4. The molecule has 1 saturated carbocycles. The maximum atomic E-state index is 12.4. The third-order valence-corrected chi connectivity index (χ3v) is 4.49. The topological polar surface area (TPSA) is 41.6 Å². The lowest BCUT2D eigenvalue weighted by molar-refractivity contribution is -0.140. The van der Waals surface area contributed by atoms with Crippen molar-refractivity contribution in [3.8, 4) is 0 Å². The van der Waals surface area contributed by atoms with Crippen molar-refractivity contribution in [2.75, 3.05) is 32.8 Å². The Hall–Kier alpha value is -0.610. The predicted molar refractivity (Wildman–Crippen MR) is 64.6 cm³/mol. The first-order chi connectivity index (χ1) is 8.36. The summed E-state index contributed by atoms with van der Waals surface area (Å²) < 4.78 is 5.67. The molecule has 4 heteroatoms. The van der Waals surface area contributed by atoms with E-state index in [1.165, 1.54) is 25.7 Å². The number of carbonyl (C=O) groups is 1. The number of nitrogens with one attached hydrogen (secondary N) is 1. The van der Waals surface area contributed by atoms with Crippen LogP contribution in [0.3, 0.4) is 0 Å². The molecular weight excluding hydrogens is 216 g/mol. The monoisotopic (exact) mass is 238 g/mol. The highest BCUT2D eigenvalue weighted by atomic mass is 16.5. The lowest BCUT2D eigenvalue weighted by Crippen LogP contribution is -2.56. The van der Waals surface area contributed by atoms with E-state index in [0.717, 1.165) is 32.8 Å². The van der Waals surface area contributed by atoms with E-state index in [1.807, 2.05) is 0 Å². The van der Waals surface area contributed by atoms with E-state index in [9.17, 15) is 4.79 Å². The third-order valence-electron chi connectivity index (χ3n) is 4.49. The van der Waals surface area contributed by atoms with Crippen molar-refractivity contribution in [1.82, 2.24) is 10.2 Å². The molecule has 0 spiro atoms. The molecule has 2 heterocycles. The van der Waals surface area contributed by atoms with Gasteiger partial charge in [-0.1, -0.05) is 12.8 Å². The molecule has 3 aliphatic rings. The molecule has 1 N–H and O–H groups in total. The first kappa shape index (κ1) is 11.5. The first-order valence-electron chi connectivity index (χ1n) is 6.95. The second-order valence-electron chi connectivity index (χ2n) is 5.57. The molecule has 2 saturated heterocycles. The lowest BCUT2D eigenvalue weighted by Gasteiger charge is -2.40. The van der Waals surface area contributed by atoms with Crippen LogP contribution in [0, 0.1) is 11.8 Å². The van der Waals surface area contributed by atoms with Crippen molar-refractivity contribution < 1.29 is 9.53 Å². The number of nitrogens with zero attached hydrogens (tertiary/aromatic N) is 1. The molecule has 0 aromatic rings. The van der Waals surface area contributed by atoms with Crippen molar-refractivity contribution in [3.63, 3.8) is 0 Å². The van der Waals surface area contributed by atoms with Crippen molar-refractivity contribution >= 4 is 5.91 Å². The Morgan fingerprint density at radius 1 is 1.24 bits per heavy atom. The number of ether oxygens (including phenoxy) is 1. The fraction of sp³-hybridized carbons (Fsp3) is 0.923. The van der Waals surface area contributed by atoms with Gasteiger partial charge in [-0.3, -0.25) is 4.79 Å². The molecule has 2 atom stereocenters. The predicted octanol–water partition coefficient (Wildman–Crippen LogP) is 0.623. The molecule has 3 rings (SSSR count). The molecule has 3 fully saturated rings. The number of rotatable bonds is 1. The summed E-state index contributed by atoms with van der Waals surface area (Å²) in [6.45, 7) is 4.12. The van der Waals surface area contributed by atoms with Gasteiger partial charge in [0.1, 0.15) is 0 Å². The van der Waals surface area contributed by atoms with Crippen molar-refractivity contribution in [1.29, 1.82) is 0 Å². The summed E-state index contributed by atoms with van der Waals surface area (Å²) in [5.74, 6) is 1.19. The largest absolute Gasteiger partial charge is 0.379 e. The Bertz CT molecular complexity index is 291. The summed E-state index contributed by atoms with van der Waals surface area (Å²) in [5.41, 5.74) is 0. The average molecular weight is 238 g/mol. The Kier molecular flexibility index (Phi) is 3.34. The van der Waals surface area contributed by atoms with Crippen LogP contribution in [0.4, 0.5) is 0 Å². The van der Waals surface area contributed by atoms with Crippen LogP contribution in [-0.4, -0.2) is 49.7 Å². The minimum Gasteiger partial charge on any atom is -0.379 e.